The van der Waals surface area contributed by atoms with Crippen LogP contribution in [0.3, 0.4) is 0 Å². The second-order valence-corrected chi connectivity index (χ2v) is 7.60. The van der Waals surface area contributed by atoms with Crippen LogP contribution in [-0.4, -0.2) is 57.3 Å². The van der Waals surface area contributed by atoms with Gasteiger partial charge in [-0.15, -0.1) is 24.0 Å². The van der Waals surface area contributed by atoms with Crippen molar-refractivity contribution in [1.82, 2.24) is 15.5 Å². The standard InChI is InChI=1S/C23H40N4O2.HI/c1-6-27-15-12-19(13-16-27)11-14-25-23(24-5)26-18(4)20-9-10-21(28-7-2)22(17-20)29-8-3;/h9-10,17-19H,6-8,11-16H2,1-5H3,(H2,24,25,26);1H. The van der Waals surface area contributed by atoms with Gasteiger partial charge in [0.2, 0.25) is 0 Å². The molecular weight excluding hydrogens is 491 g/mol. The maximum absolute atomic E-state index is 5.76. The Kier molecular flexibility index (Phi) is 13.2. The van der Waals surface area contributed by atoms with Crippen LogP contribution >= 0.6 is 24.0 Å². The SMILES string of the molecule is CCOc1ccc(C(C)NC(=NC)NCCC2CCN(CC)CC2)cc1OCC.I. The van der Waals surface area contributed by atoms with E-state index in [1.54, 1.807) is 0 Å². The topological polar surface area (TPSA) is 58.1 Å². The van der Waals surface area contributed by atoms with Crippen LogP contribution in [0.5, 0.6) is 11.5 Å². The van der Waals surface area contributed by atoms with Crippen molar-refractivity contribution in [2.75, 3.05) is 46.4 Å². The zero-order chi connectivity index (χ0) is 21.1. The maximum Gasteiger partial charge on any atom is 0.191 e. The number of nitrogens with one attached hydrogen (secondary N) is 2. The molecule has 2 N–H and O–H groups in total. The van der Waals surface area contributed by atoms with E-state index in [1.807, 2.05) is 27.0 Å². The van der Waals surface area contributed by atoms with Crippen LogP contribution in [-0.2, 0) is 0 Å². The van der Waals surface area contributed by atoms with Crippen LogP contribution in [0.15, 0.2) is 23.2 Å². The maximum atomic E-state index is 5.76. The van der Waals surface area contributed by atoms with Crippen molar-refractivity contribution < 1.29 is 9.47 Å². The molecule has 6 nitrogen and oxygen atoms in total. The Balaban J connectivity index is 0.00000450. The molecule has 1 aromatic rings. The summed E-state index contributed by atoms with van der Waals surface area (Å²) in [6.07, 6.45) is 3.82. The van der Waals surface area contributed by atoms with Crippen LogP contribution in [0.4, 0.5) is 0 Å². The Morgan fingerprint density at radius 3 is 2.40 bits per heavy atom. The zero-order valence-corrected chi connectivity index (χ0v) is 21.7. The van der Waals surface area contributed by atoms with Gasteiger partial charge in [0.1, 0.15) is 0 Å². The first-order valence-corrected chi connectivity index (χ1v) is 11.2. The van der Waals surface area contributed by atoms with Crippen molar-refractivity contribution in [1.29, 1.82) is 0 Å². The second-order valence-electron chi connectivity index (χ2n) is 7.60. The lowest BCUT2D eigenvalue weighted by Crippen LogP contribution is -2.40. The minimum absolute atomic E-state index is 0. The highest BCUT2D eigenvalue weighted by Gasteiger charge is 2.18. The van der Waals surface area contributed by atoms with Gasteiger partial charge in [-0.3, -0.25) is 4.99 Å². The molecule has 0 spiro atoms. The van der Waals surface area contributed by atoms with E-state index in [0.717, 1.165) is 35.5 Å². The van der Waals surface area contributed by atoms with E-state index >= 15 is 0 Å². The number of hydrogen-bond donors (Lipinski definition) is 2. The lowest BCUT2D eigenvalue weighted by atomic mass is 9.93. The Bertz CT molecular complexity index is 634. The third kappa shape index (κ3) is 8.49. The Labute approximate surface area is 200 Å². The quantitative estimate of drug-likeness (QED) is 0.265. The van der Waals surface area contributed by atoms with Crippen LogP contribution < -0.4 is 20.1 Å². The summed E-state index contributed by atoms with van der Waals surface area (Å²) in [4.78, 5) is 6.94. The van der Waals surface area contributed by atoms with E-state index in [-0.39, 0.29) is 30.0 Å². The molecule has 1 atom stereocenters. The summed E-state index contributed by atoms with van der Waals surface area (Å²) in [6, 6.07) is 6.24. The smallest absolute Gasteiger partial charge is 0.191 e. The van der Waals surface area contributed by atoms with Crippen LogP contribution in [0.2, 0.25) is 0 Å². The Morgan fingerprint density at radius 2 is 1.80 bits per heavy atom. The molecule has 7 heteroatoms. The molecule has 1 unspecified atom stereocenters. The highest BCUT2D eigenvalue weighted by Crippen LogP contribution is 2.30. The summed E-state index contributed by atoms with van der Waals surface area (Å²) in [6.45, 7) is 14.2. The van der Waals surface area contributed by atoms with Gasteiger partial charge in [0.25, 0.3) is 0 Å². The molecule has 1 saturated heterocycles. The van der Waals surface area contributed by atoms with Gasteiger partial charge < -0.3 is 25.0 Å². The molecule has 1 fully saturated rings. The highest BCUT2D eigenvalue weighted by atomic mass is 127. The number of benzene rings is 1. The number of guanidine groups is 1. The molecule has 2 rings (SSSR count). The van der Waals surface area contributed by atoms with E-state index in [0.29, 0.717) is 13.2 Å². The van der Waals surface area contributed by atoms with Crippen LogP contribution in [0.25, 0.3) is 0 Å². The summed E-state index contributed by atoms with van der Waals surface area (Å²) in [7, 11) is 1.82. The second kappa shape index (κ2) is 14.7. The lowest BCUT2D eigenvalue weighted by Gasteiger charge is -2.31. The zero-order valence-electron chi connectivity index (χ0n) is 19.4. The number of piperidine rings is 1. The monoisotopic (exact) mass is 532 g/mol. The average molecular weight is 533 g/mol. The first-order valence-electron chi connectivity index (χ1n) is 11.2. The van der Waals surface area contributed by atoms with Crippen LogP contribution in [0, 0.1) is 5.92 Å². The highest BCUT2D eigenvalue weighted by molar-refractivity contribution is 14.0. The first kappa shape index (κ1) is 26.8. The summed E-state index contributed by atoms with van der Waals surface area (Å²) >= 11 is 0. The van der Waals surface area contributed by atoms with Crippen molar-refractivity contribution in [2.45, 2.75) is 53.0 Å². The number of likely N-dealkylation sites (tertiary alicyclic amines) is 1. The summed E-state index contributed by atoms with van der Waals surface area (Å²) < 4.78 is 11.4. The predicted molar refractivity (Wildman–Crippen MR) is 137 cm³/mol. The molecule has 30 heavy (non-hydrogen) atoms. The molecule has 0 saturated carbocycles. The molecule has 172 valence electrons. The molecule has 1 aliphatic rings. The predicted octanol–water partition coefficient (Wildman–Crippen LogP) is 4.45. The van der Waals surface area contributed by atoms with E-state index in [1.165, 1.54) is 38.9 Å². The fraction of sp³-hybridized carbons (Fsp3) is 0.696. The summed E-state index contributed by atoms with van der Waals surface area (Å²) in [5, 5.41) is 6.98. The molecular formula is C23H41IN4O2. The van der Waals surface area contributed by atoms with Crippen molar-refractivity contribution in [3.63, 3.8) is 0 Å². The third-order valence-corrected chi connectivity index (χ3v) is 5.64. The normalized spacial score (nSPS) is 16.5. The van der Waals surface area contributed by atoms with Gasteiger partial charge in [0.05, 0.1) is 19.3 Å². The van der Waals surface area contributed by atoms with E-state index in [2.05, 4.69) is 46.5 Å². The lowest BCUT2D eigenvalue weighted by molar-refractivity contribution is 0.187. The summed E-state index contributed by atoms with van der Waals surface area (Å²) in [5.41, 5.74) is 1.15. The van der Waals surface area contributed by atoms with Gasteiger partial charge in [-0.25, -0.2) is 0 Å². The number of aliphatic imine (C=N–C) groups is 1. The van der Waals surface area contributed by atoms with Crippen LogP contribution in [0.1, 0.15) is 58.6 Å². The number of hydrogen-bond acceptors (Lipinski definition) is 4. The van der Waals surface area contributed by atoms with E-state index < -0.39 is 0 Å². The van der Waals surface area contributed by atoms with Gasteiger partial charge in [-0.05, 0) is 83.3 Å². The van der Waals surface area contributed by atoms with Gasteiger partial charge in [0, 0.05) is 13.6 Å². The molecule has 1 heterocycles. The van der Waals surface area contributed by atoms with Gasteiger partial charge in [-0.1, -0.05) is 13.0 Å². The minimum atomic E-state index is 0. The fourth-order valence-corrected chi connectivity index (χ4v) is 3.81. The van der Waals surface area contributed by atoms with Crippen molar-refractivity contribution >= 4 is 29.9 Å². The number of rotatable bonds is 10. The average Bonchev–Trinajstić information content (AvgIpc) is 2.75. The molecule has 0 bridgehead atoms. The fourth-order valence-electron chi connectivity index (χ4n) is 3.81. The number of ether oxygens (including phenoxy) is 2. The summed E-state index contributed by atoms with van der Waals surface area (Å²) in [5.74, 6) is 3.25. The van der Waals surface area contributed by atoms with Gasteiger partial charge >= 0.3 is 0 Å². The van der Waals surface area contributed by atoms with E-state index in [4.69, 9.17) is 9.47 Å². The molecule has 0 amide bonds. The minimum Gasteiger partial charge on any atom is -0.490 e. The number of halogens is 1. The third-order valence-electron chi connectivity index (χ3n) is 5.64. The van der Waals surface area contributed by atoms with Crippen molar-refractivity contribution in [3.05, 3.63) is 23.8 Å². The van der Waals surface area contributed by atoms with Gasteiger partial charge in [0.15, 0.2) is 17.5 Å². The van der Waals surface area contributed by atoms with E-state index in [9.17, 15) is 0 Å². The largest absolute Gasteiger partial charge is 0.490 e. The molecule has 0 aliphatic carbocycles. The molecule has 0 aromatic heterocycles. The van der Waals surface area contributed by atoms with Crippen molar-refractivity contribution in [2.24, 2.45) is 10.9 Å². The first-order chi connectivity index (χ1) is 14.1. The van der Waals surface area contributed by atoms with Crippen molar-refractivity contribution in [3.8, 4) is 11.5 Å². The Hall–Kier alpha value is -1.22. The molecule has 0 radical (unpaired) electrons. The number of nitrogens with zero attached hydrogens (tertiary/aromatic N) is 2. The Morgan fingerprint density at radius 1 is 1.13 bits per heavy atom. The molecule has 1 aromatic carbocycles. The molecule has 1 aliphatic heterocycles. The van der Waals surface area contributed by atoms with Gasteiger partial charge in [-0.2, -0.15) is 0 Å².